The van der Waals surface area contributed by atoms with Crippen LogP contribution in [0.3, 0.4) is 0 Å². The van der Waals surface area contributed by atoms with Crippen LogP contribution >= 0.6 is 0 Å². The van der Waals surface area contributed by atoms with Crippen LogP contribution in [-0.4, -0.2) is 5.21 Å². The van der Waals surface area contributed by atoms with Gasteiger partial charge >= 0.3 is 21.1 Å². The summed E-state index contributed by atoms with van der Waals surface area (Å²) in [6.07, 6.45) is 0. The summed E-state index contributed by atoms with van der Waals surface area (Å²) >= 11 is 0. The zero-order chi connectivity index (χ0) is 2.71. The molecule has 0 saturated heterocycles. The molecule has 0 atom stereocenters. The van der Waals surface area contributed by atoms with Crippen LogP contribution in [-0.2, 0) is 21.1 Å². The molecule has 0 aliphatic heterocycles. The minimum absolute atomic E-state index is 0. The Balaban J connectivity index is -0.00000000133. The van der Waals surface area contributed by atoms with E-state index in [2.05, 4.69) is 0 Å². The molecule has 9 heavy (non-hydrogen) atoms. The fourth-order valence-electron chi connectivity index (χ4n) is 0. The summed E-state index contributed by atoms with van der Waals surface area (Å²) in [5, 5.41) is 7.89. The van der Waals surface area contributed by atoms with Crippen molar-refractivity contribution in [3.05, 3.63) is 4.91 Å². The predicted molar refractivity (Wildman–Crippen MR) is 17.6 cm³/mol. The SMILES string of the molecule is N.N.O=NO.[Cl-].[Cl-].[F-].[Pt+4]. The predicted octanol–water partition coefficient (Wildman–Crippen LogP) is -8.52. The Bertz CT molecular complexity index is 27.3. The van der Waals surface area contributed by atoms with Gasteiger partial charge in [0.2, 0.25) is 0 Å². The molecule has 0 fully saturated rings. The van der Waals surface area contributed by atoms with E-state index in [0.29, 0.717) is 0 Å². The molecule has 0 aromatic heterocycles. The van der Waals surface area contributed by atoms with Gasteiger partial charge < -0.3 is 47.0 Å². The first-order chi connectivity index (χ1) is 1.41. The van der Waals surface area contributed by atoms with Gasteiger partial charge in [0.05, 0.1) is 0 Å². The molecule has 5 nitrogen and oxygen atoms in total. The minimum atomic E-state index is 0. The number of nitrogens with zero attached hydrogens (tertiary/aromatic N) is 1. The zero-order valence-corrected chi connectivity index (χ0v) is 7.95. The Labute approximate surface area is 78.5 Å². The standard InChI is InChI=1S/2ClH.FH.HNO2.2H3N.Pt/c;;;2-1-3;;;/h3*1H;(H,2,3);2*1H3;/q;;;;;;+4/p-3. The molecule has 9 heteroatoms. The average Bonchev–Trinajstić information content (AvgIpc) is 0.918. The molecule has 0 aromatic carbocycles. The van der Waals surface area contributed by atoms with Crippen LogP contribution in [0.1, 0.15) is 0 Å². The molecular formula is H7Cl2FN3O2Pt+. The molecule has 0 unspecified atom stereocenters. The van der Waals surface area contributed by atoms with E-state index in [4.69, 9.17) is 10.1 Å². The molecule has 0 heterocycles. The summed E-state index contributed by atoms with van der Waals surface area (Å²) in [6.45, 7) is 0. The molecule has 0 radical (unpaired) electrons. The van der Waals surface area contributed by atoms with E-state index in [1.807, 2.05) is 0 Å². The summed E-state index contributed by atoms with van der Waals surface area (Å²) in [4.78, 5) is 8.11. The monoisotopic (exact) mass is 365 g/mol. The molecular weight excluding hydrogens is 359 g/mol. The first-order valence-corrected chi connectivity index (χ1v) is 0.383. The number of rotatable bonds is 0. The Morgan fingerprint density at radius 3 is 1.11 bits per heavy atom. The van der Waals surface area contributed by atoms with E-state index < -0.39 is 0 Å². The Kier molecular flexibility index (Phi) is 2530. The maximum Gasteiger partial charge on any atom is 4.00 e. The molecule has 0 aliphatic carbocycles. The molecule has 0 spiro atoms. The van der Waals surface area contributed by atoms with Gasteiger partial charge in [-0.1, -0.05) is 0 Å². The molecule has 0 aliphatic rings. The second-order valence-corrected chi connectivity index (χ2v) is 0.0816. The second kappa shape index (κ2) is 209. The van der Waals surface area contributed by atoms with E-state index in [9.17, 15) is 0 Å². The van der Waals surface area contributed by atoms with Crippen molar-refractivity contribution in [1.82, 2.24) is 12.3 Å². The first-order valence-electron chi connectivity index (χ1n) is 0.383. The quantitative estimate of drug-likeness (QED) is 0.291. The fraction of sp³-hybridized carbons (Fsp3) is 0. The van der Waals surface area contributed by atoms with Gasteiger partial charge in [-0.3, -0.25) is 0 Å². The number of hydrogen-bond donors (Lipinski definition) is 3. The Hall–Kier alpha value is 0.518. The van der Waals surface area contributed by atoms with Crippen LogP contribution in [0.25, 0.3) is 0 Å². The van der Waals surface area contributed by atoms with Crippen LogP contribution in [0.15, 0.2) is 5.34 Å². The molecule has 0 rings (SSSR count). The van der Waals surface area contributed by atoms with E-state index in [-0.39, 0.29) is 62.9 Å². The van der Waals surface area contributed by atoms with Crippen molar-refractivity contribution >= 4 is 0 Å². The first kappa shape index (κ1) is 109. The summed E-state index contributed by atoms with van der Waals surface area (Å²) in [5.74, 6) is 0. The van der Waals surface area contributed by atoms with Crippen molar-refractivity contribution in [2.45, 2.75) is 0 Å². The van der Waals surface area contributed by atoms with Gasteiger partial charge in [-0.2, -0.15) is 0 Å². The molecule has 7 N–H and O–H groups in total. The average molecular weight is 366 g/mol. The van der Waals surface area contributed by atoms with E-state index in [0.717, 1.165) is 0 Å². The van der Waals surface area contributed by atoms with Gasteiger partial charge in [0.15, 0.2) is 5.34 Å². The Morgan fingerprint density at radius 2 is 1.11 bits per heavy atom. The third-order valence-electron chi connectivity index (χ3n) is 0. The van der Waals surface area contributed by atoms with Crippen LogP contribution in [0.4, 0.5) is 0 Å². The van der Waals surface area contributed by atoms with Crippen molar-refractivity contribution in [2.75, 3.05) is 0 Å². The van der Waals surface area contributed by atoms with Crippen molar-refractivity contribution in [3.8, 4) is 0 Å². The van der Waals surface area contributed by atoms with Crippen molar-refractivity contribution in [2.24, 2.45) is 5.34 Å². The Morgan fingerprint density at radius 1 is 1.11 bits per heavy atom. The third kappa shape index (κ3) is 1350. The van der Waals surface area contributed by atoms with Gasteiger partial charge in [0.25, 0.3) is 0 Å². The normalized spacial score (nSPS) is 1.33. The number of hydrogen-bond acceptors (Lipinski definition) is 4. The van der Waals surface area contributed by atoms with Gasteiger partial charge in [0.1, 0.15) is 0 Å². The van der Waals surface area contributed by atoms with Gasteiger partial charge in [-0.15, -0.1) is 4.91 Å². The third-order valence-corrected chi connectivity index (χ3v) is 0. The zero-order valence-electron chi connectivity index (χ0n) is 4.17. The fourth-order valence-corrected chi connectivity index (χ4v) is 0. The molecule has 0 bridgehead atoms. The van der Waals surface area contributed by atoms with Crippen molar-refractivity contribution in [3.63, 3.8) is 0 Å². The minimum Gasteiger partial charge on any atom is -1.00 e. The van der Waals surface area contributed by atoms with Gasteiger partial charge in [0, 0.05) is 0 Å². The van der Waals surface area contributed by atoms with Crippen molar-refractivity contribution < 1.29 is 55.8 Å². The largest absolute Gasteiger partial charge is 4.00 e. The molecule has 64 valence electrons. The smallest absolute Gasteiger partial charge is 1.00 e. The molecule has 0 aromatic rings. The molecule has 0 amide bonds. The number of halogens is 3. The maximum atomic E-state index is 8.11. The van der Waals surface area contributed by atoms with Gasteiger partial charge in [-0.05, 0) is 0 Å². The van der Waals surface area contributed by atoms with E-state index in [1.165, 1.54) is 5.34 Å². The maximum absolute atomic E-state index is 8.11. The van der Waals surface area contributed by atoms with E-state index in [1.54, 1.807) is 0 Å². The summed E-state index contributed by atoms with van der Waals surface area (Å²) in [6, 6.07) is 0. The summed E-state index contributed by atoms with van der Waals surface area (Å²) in [5.41, 5.74) is 0. The summed E-state index contributed by atoms with van der Waals surface area (Å²) in [7, 11) is 0. The molecule has 0 saturated carbocycles. The topological polar surface area (TPSA) is 120 Å². The van der Waals surface area contributed by atoms with Crippen LogP contribution < -0.4 is 41.8 Å². The van der Waals surface area contributed by atoms with Crippen LogP contribution in [0, 0.1) is 4.91 Å². The summed E-state index contributed by atoms with van der Waals surface area (Å²) < 4.78 is 0. The van der Waals surface area contributed by atoms with Crippen LogP contribution in [0.2, 0.25) is 0 Å². The van der Waals surface area contributed by atoms with Crippen molar-refractivity contribution in [1.29, 1.82) is 0 Å². The van der Waals surface area contributed by atoms with Crippen LogP contribution in [0.5, 0.6) is 0 Å². The second-order valence-electron chi connectivity index (χ2n) is 0.0816. The van der Waals surface area contributed by atoms with E-state index >= 15 is 0 Å². The van der Waals surface area contributed by atoms with Gasteiger partial charge in [-0.25, -0.2) is 0 Å².